The summed E-state index contributed by atoms with van der Waals surface area (Å²) >= 11 is 0. The number of amides is 3. The number of rotatable bonds is 5. The zero-order chi connectivity index (χ0) is 21.0. The predicted molar refractivity (Wildman–Crippen MR) is 109 cm³/mol. The van der Waals surface area contributed by atoms with Crippen LogP contribution in [0.3, 0.4) is 0 Å². The van der Waals surface area contributed by atoms with E-state index < -0.39 is 11.9 Å². The first kappa shape index (κ1) is 21.5. The molecule has 0 aromatic heterocycles. The van der Waals surface area contributed by atoms with E-state index in [1.807, 2.05) is 13.8 Å². The number of aliphatic hydroxyl groups excluding tert-OH is 1. The lowest BCUT2D eigenvalue weighted by Crippen LogP contribution is -2.55. The first-order valence-corrected chi connectivity index (χ1v) is 10.4. The Hall–Kier alpha value is -2.19. The molecule has 2 aliphatic rings. The fourth-order valence-corrected chi connectivity index (χ4v) is 4.12. The first-order chi connectivity index (χ1) is 13.9. The molecule has 7 nitrogen and oxygen atoms in total. The highest BCUT2D eigenvalue weighted by Crippen LogP contribution is 2.28. The van der Waals surface area contributed by atoms with Crippen molar-refractivity contribution in [1.82, 2.24) is 15.1 Å². The van der Waals surface area contributed by atoms with Crippen molar-refractivity contribution in [3.05, 3.63) is 29.6 Å². The molecule has 3 amide bonds. The lowest BCUT2D eigenvalue weighted by Gasteiger charge is -2.36. The van der Waals surface area contributed by atoms with Crippen LogP contribution in [0.4, 0.5) is 14.9 Å². The van der Waals surface area contributed by atoms with E-state index in [2.05, 4.69) is 15.5 Å². The summed E-state index contributed by atoms with van der Waals surface area (Å²) in [6, 6.07) is 3.43. The monoisotopic (exact) mass is 406 g/mol. The summed E-state index contributed by atoms with van der Waals surface area (Å²) in [6.45, 7) is 6.62. The molecule has 2 aliphatic heterocycles. The number of nitrogens with one attached hydrogen (secondary N) is 2. The summed E-state index contributed by atoms with van der Waals surface area (Å²) in [5.74, 6) is -0.736. The Morgan fingerprint density at radius 2 is 2.10 bits per heavy atom. The fourth-order valence-electron chi connectivity index (χ4n) is 4.12. The van der Waals surface area contributed by atoms with Gasteiger partial charge in [-0.05, 0) is 36.5 Å². The molecular formula is C21H31FN4O3. The van der Waals surface area contributed by atoms with E-state index in [1.54, 1.807) is 11.0 Å². The number of β-amino-alcohol motifs (C(OH)–C–C–N with tert-alkyl or cyclic N) is 1. The second-order valence-electron chi connectivity index (χ2n) is 8.04. The molecule has 2 atom stereocenters. The van der Waals surface area contributed by atoms with Crippen LogP contribution in [0.1, 0.15) is 38.7 Å². The average molecular weight is 407 g/mol. The summed E-state index contributed by atoms with van der Waals surface area (Å²) in [5.41, 5.74) is 1.15. The second-order valence-corrected chi connectivity index (χ2v) is 8.04. The Labute approximate surface area is 171 Å². The number of halogens is 1. The van der Waals surface area contributed by atoms with Crippen LogP contribution in [0, 0.1) is 11.7 Å². The highest BCUT2D eigenvalue weighted by atomic mass is 19.1. The van der Waals surface area contributed by atoms with Crippen LogP contribution >= 0.6 is 0 Å². The third-order valence-electron chi connectivity index (χ3n) is 6.05. The molecule has 0 saturated carbocycles. The number of benzene rings is 1. The number of nitrogens with zero attached hydrogens (tertiary/aromatic N) is 2. The van der Waals surface area contributed by atoms with Crippen molar-refractivity contribution >= 4 is 17.6 Å². The number of carbonyl (C=O) groups is 2. The van der Waals surface area contributed by atoms with Crippen LogP contribution in [0.5, 0.6) is 0 Å². The summed E-state index contributed by atoms with van der Waals surface area (Å²) < 4.78 is 13.7. The van der Waals surface area contributed by atoms with Crippen LogP contribution in [0.25, 0.3) is 0 Å². The number of anilines is 1. The molecule has 0 aliphatic carbocycles. The summed E-state index contributed by atoms with van der Waals surface area (Å²) in [5, 5.41) is 15.0. The van der Waals surface area contributed by atoms with Crippen LogP contribution < -0.4 is 10.6 Å². The second kappa shape index (κ2) is 9.54. The molecule has 1 fully saturated rings. The lowest BCUT2D eigenvalue weighted by atomic mass is 9.97. The van der Waals surface area contributed by atoms with Crippen LogP contribution in [0.2, 0.25) is 0 Å². The highest BCUT2D eigenvalue weighted by molar-refractivity contribution is 5.98. The number of piperidine rings is 1. The molecule has 0 bridgehead atoms. The standard InChI is InChI=1S/C21H31FN4O3/c1-3-14(2)19-20(28)24-18-12-16(22)5-4-15(18)13-26(19)21(29)23-17-6-8-25(9-7-17)10-11-27/h4-5,12,14,17,19,27H,3,6-11,13H2,1-2H3,(H,23,29)(H,24,28). The molecule has 2 unspecified atom stereocenters. The Morgan fingerprint density at radius 3 is 2.76 bits per heavy atom. The minimum absolute atomic E-state index is 0.0358. The topological polar surface area (TPSA) is 84.9 Å². The van der Waals surface area contributed by atoms with Crippen LogP contribution in [-0.4, -0.2) is 65.2 Å². The van der Waals surface area contributed by atoms with Crippen molar-refractivity contribution < 1.29 is 19.1 Å². The van der Waals surface area contributed by atoms with Gasteiger partial charge in [-0.15, -0.1) is 0 Å². The molecular weight excluding hydrogens is 375 g/mol. The molecule has 29 heavy (non-hydrogen) atoms. The molecule has 1 saturated heterocycles. The van der Waals surface area contributed by atoms with Gasteiger partial charge in [-0.25, -0.2) is 9.18 Å². The molecule has 0 radical (unpaired) electrons. The van der Waals surface area contributed by atoms with Crippen LogP contribution in [0.15, 0.2) is 18.2 Å². The molecule has 1 aromatic carbocycles. The number of fused-ring (bicyclic) bond motifs is 1. The largest absolute Gasteiger partial charge is 0.395 e. The highest BCUT2D eigenvalue weighted by Gasteiger charge is 2.37. The van der Waals surface area contributed by atoms with Gasteiger partial charge in [0.15, 0.2) is 0 Å². The summed E-state index contributed by atoms with van der Waals surface area (Å²) in [6.07, 6.45) is 2.36. The molecule has 0 spiro atoms. The van der Waals surface area contributed by atoms with Gasteiger partial charge in [-0.2, -0.15) is 0 Å². The van der Waals surface area contributed by atoms with E-state index in [4.69, 9.17) is 5.11 Å². The zero-order valence-electron chi connectivity index (χ0n) is 17.2. The zero-order valence-corrected chi connectivity index (χ0v) is 17.2. The molecule has 2 heterocycles. The number of carbonyl (C=O) groups excluding carboxylic acids is 2. The summed E-state index contributed by atoms with van der Waals surface area (Å²) in [7, 11) is 0. The predicted octanol–water partition coefficient (Wildman–Crippen LogP) is 2.16. The van der Waals surface area contributed by atoms with Crippen molar-refractivity contribution in [3.63, 3.8) is 0 Å². The maximum atomic E-state index is 13.7. The van der Waals surface area contributed by atoms with E-state index in [-0.39, 0.29) is 37.0 Å². The van der Waals surface area contributed by atoms with Crippen molar-refractivity contribution in [2.24, 2.45) is 5.92 Å². The van der Waals surface area contributed by atoms with Gasteiger partial charge in [-0.3, -0.25) is 4.79 Å². The molecule has 8 heteroatoms. The number of likely N-dealkylation sites (tertiary alicyclic amines) is 1. The SMILES string of the molecule is CCC(C)C1C(=O)Nc2cc(F)ccc2CN1C(=O)NC1CCN(CCO)CC1. The van der Waals surface area contributed by atoms with Gasteiger partial charge in [0.25, 0.3) is 0 Å². The first-order valence-electron chi connectivity index (χ1n) is 10.4. The van der Waals surface area contributed by atoms with Gasteiger partial charge in [0.2, 0.25) is 5.91 Å². The molecule has 160 valence electrons. The van der Waals surface area contributed by atoms with Crippen molar-refractivity contribution in [3.8, 4) is 0 Å². The minimum atomic E-state index is -0.620. The van der Waals surface area contributed by atoms with E-state index in [0.717, 1.165) is 37.9 Å². The average Bonchev–Trinajstić information content (AvgIpc) is 2.84. The van der Waals surface area contributed by atoms with Gasteiger partial charge in [0.1, 0.15) is 11.9 Å². The van der Waals surface area contributed by atoms with Crippen molar-refractivity contribution in [2.75, 3.05) is 31.6 Å². The number of hydrogen-bond donors (Lipinski definition) is 3. The smallest absolute Gasteiger partial charge is 0.318 e. The Bertz CT molecular complexity index is 737. The maximum Gasteiger partial charge on any atom is 0.318 e. The molecule has 3 N–H and O–H groups in total. The Balaban J connectivity index is 1.76. The number of aliphatic hydroxyl groups is 1. The van der Waals surface area contributed by atoms with Crippen LogP contribution in [-0.2, 0) is 11.3 Å². The van der Waals surface area contributed by atoms with E-state index in [9.17, 15) is 14.0 Å². The number of hydrogen-bond acceptors (Lipinski definition) is 4. The summed E-state index contributed by atoms with van der Waals surface area (Å²) in [4.78, 5) is 29.9. The Kier molecular flexibility index (Phi) is 7.08. The maximum absolute atomic E-state index is 13.7. The van der Waals surface area contributed by atoms with Gasteiger partial charge >= 0.3 is 6.03 Å². The van der Waals surface area contributed by atoms with Gasteiger partial charge in [-0.1, -0.05) is 26.3 Å². The number of urea groups is 1. The van der Waals surface area contributed by atoms with E-state index >= 15 is 0 Å². The third-order valence-corrected chi connectivity index (χ3v) is 6.05. The minimum Gasteiger partial charge on any atom is -0.395 e. The lowest BCUT2D eigenvalue weighted by molar-refractivity contribution is -0.121. The quantitative estimate of drug-likeness (QED) is 0.700. The van der Waals surface area contributed by atoms with E-state index in [0.29, 0.717) is 12.2 Å². The third kappa shape index (κ3) is 5.05. The van der Waals surface area contributed by atoms with Crippen molar-refractivity contribution in [2.45, 2.75) is 51.7 Å². The van der Waals surface area contributed by atoms with Gasteiger partial charge in [0, 0.05) is 31.4 Å². The van der Waals surface area contributed by atoms with E-state index in [1.165, 1.54) is 12.1 Å². The molecule has 1 aromatic rings. The fraction of sp³-hybridized carbons (Fsp3) is 0.619. The van der Waals surface area contributed by atoms with Crippen molar-refractivity contribution in [1.29, 1.82) is 0 Å². The van der Waals surface area contributed by atoms with Gasteiger partial charge < -0.3 is 25.5 Å². The normalized spacial score (nSPS) is 21.9. The Morgan fingerprint density at radius 1 is 1.38 bits per heavy atom. The van der Waals surface area contributed by atoms with Gasteiger partial charge in [0.05, 0.1) is 13.2 Å². The molecule has 3 rings (SSSR count).